The van der Waals surface area contributed by atoms with E-state index in [1.807, 2.05) is 0 Å². The number of esters is 1. The SMILES string of the molecule is COC(=O)C(C)(C)SC(C)=O. The van der Waals surface area contributed by atoms with Crippen LogP contribution in [-0.2, 0) is 14.3 Å². The van der Waals surface area contributed by atoms with Gasteiger partial charge < -0.3 is 4.74 Å². The minimum atomic E-state index is -0.763. The van der Waals surface area contributed by atoms with E-state index < -0.39 is 4.75 Å². The van der Waals surface area contributed by atoms with Gasteiger partial charge in [0.25, 0.3) is 0 Å². The summed E-state index contributed by atoms with van der Waals surface area (Å²) in [6, 6.07) is 0. The number of hydrogen-bond donors (Lipinski definition) is 0. The molecule has 0 heterocycles. The van der Waals surface area contributed by atoms with E-state index in [1.165, 1.54) is 14.0 Å². The van der Waals surface area contributed by atoms with Crippen molar-refractivity contribution >= 4 is 22.8 Å². The molecule has 0 aliphatic rings. The molecule has 0 saturated heterocycles. The van der Waals surface area contributed by atoms with Gasteiger partial charge in [0.2, 0.25) is 0 Å². The third-order valence-corrected chi connectivity index (χ3v) is 2.04. The quantitative estimate of drug-likeness (QED) is 0.593. The molecule has 0 radical (unpaired) electrons. The zero-order valence-electron chi connectivity index (χ0n) is 7.13. The van der Waals surface area contributed by atoms with E-state index in [0.29, 0.717) is 0 Å². The summed E-state index contributed by atoms with van der Waals surface area (Å²) < 4.78 is 3.74. The van der Waals surface area contributed by atoms with Gasteiger partial charge in [-0.2, -0.15) is 0 Å². The zero-order chi connectivity index (χ0) is 9.07. The van der Waals surface area contributed by atoms with Gasteiger partial charge in [0.05, 0.1) is 7.11 Å². The molecule has 0 fully saturated rings. The van der Waals surface area contributed by atoms with Crippen LogP contribution in [0.4, 0.5) is 0 Å². The van der Waals surface area contributed by atoms with Crippen LogP contribution in [-0.4, -0.2) is 22.9 Å². The number of ether oxygens (including phenoxy) is 1. The van der Waals surface area contributed by atoms with Crippen LogP contribution in [0.1, 0.15) is 20.8 Å². The van der Waals surface area contributed by atoms with Gasteiger partial charge in [-0.3, -0.25) is 9.59 Å². The summed E-state index contributed by atoms with van der Waals surface area (Å²) in [7, 11) is 1.31. The Kier molecular flexibility index (Phi) is 3.58. The third-order valence-electron chi connectivity index (χ3n) is 1.08. The van der Waals surface area contributed by atoms with Gasteiger partial charge in [-0.1, -0.05) is 11.8 Å². The van der Waals surface area contributed by atoms with Gasteiger partial charge in [0.15, 0.2) is 5.12 Å². The van der Waals surface area contributed by atoms with Crippen LogP contribution in [0.15, 0.2) is 0 Å². The topological polar surface area (TPSA) is 43.4 Å². The zero-order valence-corrected chi connectivity index (χ0v) is 7.95. The highest BCUT2D eigenvalue weighted by Crippen LogP contribution is 2.25. The molecular weight excluding hydrogens is 164 g/mol. The molecule has 0 N–H and O–H groups in total. The lowest BCUT2D eigenvalue weighted by Gasteiger charge is -2.18. The third kappa shape index (κ3) is 3.41. The van der Waals surface area contributed by atoms with Gasteiger partial charge in [-0.25, -0.2) is 0 Å². The van der Waals surface area contributed by atoms with Gasteiger partial charge in [0, 0.05) is 6.92 Å². The maximum atomic E-state index is 11.0. The first-order valence-electron chi connectivity index (χ1n) is 3.18. The molecule has 0 aromatic rings. The van der Waals surface area contributed by atoms with Crippen molar-refractivity contribution in [3.05, 3.63) is 0 Å². The first-order chi connectivity index (χ1) is 4.90. The Morgan fingerprint density at radius 1 is 1.36 bits per heavy atom. The minimum absolute atomic E-state index is 0.0830. The second-order valence-corrected chi connectivity index (χ2v) is 4.40. The molecule has 0 aliphatic carbocycles. The molecule has 0 amide bonds. The fourth-order valence-electron chi connectivity index (χ4n) is 0.647. The molecular formula is C7H12O3S. The summed E-state index contributed by atoms with van der Waals surface area (Å²) in [6.45, 7) is 4.74. The number of carbonyl (C=O) groups is 2. The Bertz CT molecular complexity index is 175. The van der Waals surface area contributed by atoms with E-state index in [2.05, 4.69) is 4.74 Å². The number of rotatable bonds is 2. The van der Waals surface area contributed by atoms with Crippen molar-refractivity contribution in [1.29, 1.82) is 0 Å². The summed E-state index contributed by atoms with van der Waals surface area (Å²) >= 11 is 0.976. The molecule has 11 heavy (non-hydrogen) atoms. The molecule has 0 unspecified atom stereocenters. The summed E-state index contributed by atoms with van der Waals surface area (Å²) in [5, 5.41) is -0.0830. The smallest absolute Gasteiger partial charge is 0.321 e. The van der Waals surface area contributed by atoms with Crippen molar-refractivity contribution < 1.29 is 14.3 Å². The van der Waals surface area contributed by atoms with E-state index in [4.69, 9.17) is 0 Å². The Morgan fingerprint density at radius 2 is 1.82 bits per heavy atom. The van der Waals surface area contributed by atoms with Crippen molar-refractivity contribution in [2.24, 2.45) is 0 Å². The molecule has 64 valence electrons. The Labute approximate surface area is 70.5 Å². The maximum absolute atomic E-state index is 11.0. The van der Waals surface area contributed by atoms with Crippen LogP contribution in [0.25, 0.3) is 0 Å². The van der Waals surface area contributed by atoms with Gasteiger partial charge in [-0.05, 0) is 13.8 Å². The Morgan fingerprint density at radius 3 is 2.09 bits per heavy atom. The van der Waals surface area contributed by atoms with Gasteiger partial charge >= 0.3 is 5.97 Å². The lowest BCUT2D eigenvalue weighted by Crippen LogP contribution is -2.30. The highest BCUT2D eigenvalue weighted by molar-refractivity contribution is 8.15. The molecule has 0 bridgehead atoms. The van der Waals surface area contributed by atoms with Crippen LogP contribution in [0.2, 0.25) is 0 Å². The highest BCUT2D eigenvalue weighted by Gasteiger charge is 2.30. The Balaban J connectivity index is 4.21. The van der Waals surface area contributed by atoms with Crippen molar-refractivity contribution in [1.82, 2.24) is 0 Å². The van der Waals surface area contributed by atoms with Crippen molar-refractivity contribution in [3.8, 4) is 0 Å². The van der Waals surface area contributed by atoms with Crippen molar-refractivity contribution in [3.63, 3.8) is 0 Å². The van der Waals surface area contributed by atoms with E-state index in [9.17, 15) is 9.59 Å². The number of methoxy groups -OCH3 is 1. The standard InChI is InChI=1S/C7H12O3S/c1-5(8)11-7(2,3)6(9)10-4/h1-4H3. The predicted molar refractivity (Wildman–Crippen MR) is 44.4 cm³/mol. The van der Waals surface area contributed by atoms with Crippen molar-refractivity contribution in [2.75, 3.05) is 7.11 Å². The van der Waals surface area contributed by atoms with Crippen LogP contribution >= 0.6 is 11.8 Å². The second-order valence-electron chi connectivity index (χ2n) is 2.60. The minimum Gasteiger partial charge on any atom is -0.468 e. The number of thioether (sulfide) groups is 1. The van der Waals surface area contributed by atoms with E-state index in [-0.39, 0.29) is 11.1 Å². The molecule has 3 nitrogen and oxygen atoms in total. The van der Waals surface area contributed by atoms with Crippen LogP contribution < -0.4 is 0 Å². The van der Waals surface area contributed by atoms with E-state index in [0.717, 1.165) is 11.8 Å². The highest BCUT2D eigenvalue weighted by atomic mass is 32.2. The van der Waals surface area contributed by atoms with Crippen LogP contribution in [0, 0.1) is 0 Å². The predicted octanol–water partition coefficient (Wildman–Crippen LogP) is 1.22. The molecule has 0 aromatic heterocycles. The maximum Gasteiger partial charge on any atom is 0.321 e. The molecule has 0 rings (SSSR count). The van der Waals surface area contributed by atoms with E-state index in [1.54, 1.807) is 13.8 Å². The molecule has 0 atom stereocenters. The number of carbonyl (C=O) groups excluding carboxylic acids is 2. The first-order valence-corrected chi connectivity index (χ1v) is 4.00. The largest absolute Gasteiger partial charge is 0.468 e. The summed E-state index contributed by atoms with van der Waals surface area (Å²) in [4.78, 5) is 21.6. The summed E-state index contributed by atoms with van der Waals surface area (Å²) in [5.74, 6) is -0.377. The van der Waals surface area contributed by atoms with Crippen molar-refractivity contribution in [2.45, 2.75) is 25.5 Å². The van der Waals surface area contributed by atoms with Gasteiger partial charge in [0.1, 0.15) is 4.75 Å². The molecule has 4 heteroatoms. The molecule has 0 aromatic carbocycles. The first kappa shape index (κ1) is 10.5. The second kappa shape index (κ2) is 3.76. The summed E-state index contributed by atoms with van der Waals surface area (Å²) in [5.41, 5.74) is 0. The Hall–Kier alpha value is -0.510. The van der Waals surface area contributed by atoms with Gasteiger partial charge in [-0.15, -0.1) is 0 Å². The fourth-order valence-corrected chi connectivity index (χ4v) is 1.53. The lowest BCUT2D eigenvalue weighted by molar-refractivity contribution is -0.142. The fraction of sp³-hybridized carbons (Fsp3) is 0.714. The lowest BCUT2D eigenvalue weighted by atomic mass is 10.2. The molecule has 0 aliphatic heterocycles. The normalized spacial score (nSPS) is 10.9. The van der Waals surface area contributed by atoms with E-state index >= 15 is 0 Å². The molecule has 0 spiro atoms. The monoisotopic (exact) mass is 176 g/mol. The van der Waals surface area contributed by atoms with Crippen LogP contribution in [0.3, 0.4) is 0 Å². The summed E-state index contributed by atoms with van der Waals surface area (Å²) in [6.07, 6.45) is 0. The average Bonchev–Trinajstić information content (AvgIpc) is 1.83. The average molecular weight is 176 g/mol. The molecule has 0 saturated carbocycles. The number of hydrogen-bond acceptors (Lipinski definition) is 4. The van der Waals surface area contributed by atoms with Crippen LogP contribution in [0.5, 0.6) is 0 Å².